The molecule has 6 nitrogen and oxygen atoms in total. The maximum atomic E-state index is 13.6. The van der Waals surface area contributed by atoms with Crippen molar-refractivity contribution < 1.29 is 9.13 Å². The maximum Gasteiger partial charge on any atom is 0.182 e. The van der Waals surface area contributed by atoms with Gasteiger partial charge in [-0.05, 0) is 47.9 Å². The van der Waals surface area contributed by atoms with Crippen molar-refractivity contribution in [3.63, 3.8) is 0 Å². The molecule has 2 N–H and O–H groups in total. The molecule has 2 unspecified atom stereocenters. The monoisotopic (exact) mass is 277 g/mol. The minimum atomic E-state index is -0.466. The van der Waals surface area contributed by atoms with Gasteiger partial charge in [0.15, 0.2) is 5.82 Å². The van der Waals surface area contributed by atoms with Crippen molar-refractivity contribution in [1.29, 1.82) is 0 Å². The molecule has 1 aliphatic rings. The second-order valence-corrected chi connectivity index (χ2v) is 4.96. The Kier molecular flexibility index (Phi) is 3.35. The molecule has 1 aromatic carbocycles. The number of anilines is 1. The molecule has 0 amide bonds. The van der Waals surface area contributed by atoms with Crippen LogP contribution in [0, 0.1) is 5.82 Å². The summed E-state index contributed by atoms with van der Waals surface area (Å²) in [5.74, 6) is 0.0737. The number of nitrogen functional groups attached to an aromatic ring is 1. The van der Waals surface area contributed by atoms with Gasteiger partial charge in [0.25, 0.3) is 0 Å². The first kappa shape index (κ1) is 13.0. The molecule has 106 valence electrons. The van der Waals surface area contributed by atoms with Crippen LogP contribution >= 0.6 is 0 Å². The third-order valence-corrected chi connectivity index (χ3v) is 3.79. The fraction of sp³-hybridized carbons (Fsp3) is 0.462. The van der Waals surface area contributed by atoms with E-state index >= 15 is 0 Å². The van der Waals surface area contributed by atoms with E-state index in [4.69, 9.17) is 10.5 Å². The SMILES string of the molecule is COC1CCCC1n1nnnc1-c1ccc(N)c(F)c1. The lowest BCUT2D eigenvalue weighted by atomic mass is 10.1. The van der Waals surface area contributed by atoms with Crippen LogP contribution in [0.15, 0.2) is 18.2 Å². The smallest absolute Gasteiger partial charge is 0.182 e. The molecule has 1 heterocycles. The summed E-state index contributed by atoms with van der Waals surface area (Å²) in [7, 11) is 1.69. The standard InChI is InChI=1S/C13H16FN5O/c1-20-12-4-2-3-11(12)19-13(16-17-18-19)8-5-6-10(15)9(14)7-8/h5-7,11-12H,2-4,15H2,1H3. The highest BCUT2D eigenvalue weighted by Gasteiger charge is 2.31. The number of nitrogens with zero attached hydrogens (tertiary/aromatic N) is 4. The fourth-order valence-corrected chi connectivity index (χ4v) is 2.73. The van der Waals surface area contributed by atoms with Crippen LogP contribution in [0.25, 0.3) is 11.4 Å². The number of methoxy groups -OCH3 is 1. The van der Waals surface area contributed by atoms with E-state index in [9.17, 15) is 4.39 Å². The van der Waals surface area contributed by atoms with Gasteiger partial charge in [-0.2, -0.15) is 0 Å². The van der Waals surface area contributed by atoms with E-state index in [1.54, 1.807) is 17.9 Å². The first-order chi connectivity index (χ1) is 9.70. The summed E-state index contributed by atoms with van der Waals surface area (Å²) < 4.78 is 20.8. The van der Waals surface area contributed by atoms with Gasteiger partial charge in [-0.25, -0.2) is 9.07 Å². The van der Waals surface area contributed by atoms with Crippen molar-refractivity contribution in [2.75, 3.05) is 12.8 Å². The van der Waals surface area contributed by atoms with E-state index in [0.717, 1.165) is 19.3 Å². The van der Waals surface area contributed by atoms with Crippen LogP contribution in [0.4, 0.5) is 10.1 Å². The predicted molar refractivity (Wildman–Crippen MR) is 71.3 cm³/mol. The van der Waals surface area contributed by atoms with Crippen molar-refractivity contribution in [3.8, 4) is 11.4 Å². The number of halogens is 1. The number of ether oxygens (including phenoxy) is 1. The number of tetrazole rings is 1. The second-order valence-electron chi connectivity index (χ2n) is 4.96. The quantitative estimate of drug-likeness (QED) is 0.865. The summed E-state index contributed by atoms with van der Waals surface area (Å²) in [5.41, 5.74) is 6.22. The van der Waals surface area contributed by atoms with Crippen LogP contribution in [0.1, 0.15) is 25.3 Å². The van der Waals surface area contributed by atoms with Gasteiger partial charge in [0.2, 0.25) is 0 Å². The molecule has 1 aliphatic carbocycles. The Balaban J connectivity index is 1.99. The van der Waals surface area contributed by atoms with Crippen molar-refractivity contribution in [2.45, 2.75) is 31.4 Å². The highest BCUT2D eigenvalue weighted by atomic mass is 19.1. The van der Waals surface area contributed by atoms with Crippen LogP contribution in [0.5, 0.6) is 0 Å². The summed E-state index contributed by atoms with van der Waals surface area (Å²) in [5, 5.41) is 11.8. The Morgan fingerprint density at radius 1 is 1.40 bits per heavy atom. The average molecular weight is 277 g/mol. The van der Waals surface area contributed by atoms with E-state index in [2.05, 4.69) is 15.5 Å². The Bertz CT molecular complexity index is 615. The van der Waals surface area contributed by atoms with Crippen LogP contribution in [-0.4, -0.2) is 33.4 Å². The number of nitrogens with two attached hydrogens (primary N) is 1. The summed E-state index contributed by atoms with van der Waals surface area (Å²) in [4.78, 5) is 0. The lowest BCUT2D eigenvalue weighted by molar-refractivity contribution is 0.0708. The second kappa shape index (κ2) is 5.16. The van der Waals surface area contributed by atoms with Crippen molar-refractivity contribution in [1.82, 2.24) is 20.2 Å². The molecular formula is C13H16FN5O. The van der Waals surface area contributed by atoms with Crippen molar-refractivity contribution in [2.24, 2.45) is 0 Å². The molecule has 0 radical (unpaired) electrons. The zero-order valence-corrected chi connectivity index (χ0v) is 11.2. The van der Waals surface area contributed by atoms with E-state index in [-0.39, 0.29) is 17.8 Å². The van der Waals surface area contributed by atoms with Gasteiger partial charge in [0.1, 0.15) is 5.82 Å². The van der Waals surface area contributed by atoms with Crippen LogP contribution in [-0.2, 0) is 4.74 Å². The lowest BCUT2D eigenvalue weighted by Gasteiger charge is -2.19. The number of benzene rings is 1. The average Bonchev–Trinajstić information content (AvgIpc) is 3.08. The highest BCUT2D eigenvalue weighted by molar-refractivity contribution is 5.59. The van der Waals surface area contributed by atoms with E-state index in [1.165, 1.54) is 12.1 Å². The molecule has 2 atom stereocenters. The first-order valence-corrected chi connectivity index (χ1v) is 6.56. The molecule has 0 bridgehead atoms. The number of hydrogen-bond acceptors (Lipinski definition) is 5. The number of rotatable bonds is 3. The third kappa shape index (κ3) is 2.14. The fourth-order valence-electron chi connectivity index (χ4n) is 2.73. The maximum absolute atomic E-state index is 13.6. The minimum absolute atomic E-state index is 0.0885. The molecule has 20 heavy (non-hydrogen) atoms. The molecule has 1 saturated carbocycles. The zero-order valence-electron chi connectivity index (χ0n) is 11.2. The van der Waals surface area contributed by atoms with Gasteiger partial charge in [-0.3, -0.25) is 0 Å². The molecule has 0 saturated heterocycles. The summed E-state index contributed by atoms with van der Waals surface area (Å²) in [6.07, 6.45) is 3.10. The Morgan fingerprint density at radius 3 is 3.00 bits per heavy atom. The van der Waals surface area contributed by atoms with E-state index in [0.29, 0.717) is 11.4 Å². The zero-order chi connectivity index (χ0) is 14.1. The van der Waals surface area contributed by atoms with Gasteiger partial charge in [0, 0.05) is 12.7 Å². The molecule has 1 fully saturated rings. The molecule has 0 spiro atoms. The Hall–Kier alpha value is -2.02. The Morgan fingerprint density at radius 2 is 2.25 bits per heavy atom. The first-order valence-electron chi connectivity index (χ1n) is 6.56. The molecule has 3 rings (SSSR count). The van der Waals surface area contributed by atoms with E-state index < -0.39 is 5.82 Å². The summed E-state index contributed by atoms with van der Waals surface area (Å²) in [6.45, 7) is 0. The molecule has 7 heteroatoms. The van der Waals surface area contributed by atoms with Gasteiger partial charge < -0.3 is 10.5 Å². The van der Waals surface area contributed by atoms with Crippen LogP contribution < -0.4 is 5.73 Å². The molecule has 1 aromatic heterocycles. The highest BCUT2D eigenvalue weighted by Crippen LogP contribution is 2.34. The predicted octanol–water partition coefficient (Wildman–Crippen LogP) is 1.80. The van der Waals surface area contributed by atoms with E-state index in [1.807, 2.05) is 0 Å². The third-order valence-electron chi connectivity index (χ3n) is 3.79. The Labute approximate surface area is 115 Å². The normalized spacial score (nSPS) is 22.3. The van der Waals surface area contributed by atoms with Crippen molar-refractivity contribution >= 4 is 5.69 Å². The van der Waals surface area contributed by atoms with Gasteiger partial charge in [-0.15, -0.1) is 5.10 Å². The summed E-state index contributed by atoms with van der Waals surface area (Å²) >= 11 is 0. The molecule has 0 aliphatic heterocycles. The van der Waals surface area contributed by atoms with Crippen LogP contribution in [0.3, 0.4) is 0 Å². The van der Waals surface area contributed by atoms with Gasteiger partial charge >= 0.3 is 0 Å². The lowest BCUT2D eigenvalue weighted by Crippen LogP contribution is -2.22. The molecule has 2 aromatic rings. The number of aromatic nitrogens is 4. The molecular weight excluding hydrogens is 261 g/mol. The summed E-state index contributed by atoms with van der Waals surface area (Å²) in [6, 6.07) is 4.68. The topological polar surface area (TPSA) is 78.8 Å². The minimum Gasteiger partial charge on any atom is -0.396 e. The van der Waals surface area contributed by atoms with Gasteiger partial charge in [0.05, 0.1) is 17.8 Å². The number of hydrogen-bond donors (Lipinski definition) is 1. The largest absolute Gasteiger partial charge is 0.396 e. The van der Waals surface area contributed by atoms with Gasteiger partial charge in [-0.1, -0.05) is 0 Å². The van der Waals surface area contributed by atoms with Crippen molar-refractivity contribution in [3.05, 3.63) is 24.0 Å². The van der Waals surface area contributed by atoms with Crippen LogP contribution in [0.2, 0.25) is 0 Å².